The normalized spacial score (nSPS) is 16.1. The third-order valence-electron chi connectivity index (χ3n) is 6.01. The SMILES string of the molecule is Cc1ccc2ncc(-c3cnn4c(N)c(Br)c(CN5CCN(S(C)(=O)=O)CC5)nc34)cc2c1. The molecule has 1 fully saturated rings. The third kappa shape index (κ3) is 4.21. The zero-order valence-corrected chi connectivity index (χ0v) is 20.8. The minimum Gasteiger partial charge on any atom is -0.383 e. The van der Waals surface area contributed by atoms with E-state index in [1.165, 1.54) is 16.1 Å². The number of rotatable bonds is 4. The van der Waals surface area contributed by atoms with Crippen LogP contribution >= 0.6 is 15.9 Å². The van der Waals surface area contributed by atoms with E-state index in [0.717, 1.165) is 27.7 Å². The summed E-state index contributed by atoms with van der Waals surface area (Å²) in [6, 6.07) is 8.26. The molecule has 0 atom stereocenters. The molecule has 4 aromatic rings. The molecular formula is C22H24BrN7O2S. The van der Waals surface area contributed by atoms with Gasteiger partial charge in [-0.3, -0.25) is 9.88 Å². The lowest BCUT2D eigenvalue weighted by molar-refractivity contribution is 0.180. The predicted molar refractivity (Wildman–Crippen MR) is 132 cm³/mol. The van der Waals surface area contributed by atoms with E-state index in [4.69, 9.17) is 10.7 Å². The second-order valence-electron chi connectivity index (χ2n) is 8.41. The molecule has 0 bridgehead atoms. The van der Waals surface area contributed by atoms with Crippen LogP contribution in [0.1, 0.15) is 11.3 Å². The van der Waals surface area contributed by atoms with Gasteiger partial charge in [-0.15, -0.1) is 0 Å². The quantitative estimate of drug-likeness (QED) is 0.432. The van der Waals surface area contributed by atoms with Gasteiger partial charge in [-0.1, -0.05) is 11.6 Å². The predicted octanol–water partition coefficient (Wildman–Crippen LogP) is 2.67. The second-order valence-corrected chi connectivity index (χ2v) is 11.2. The first-order valence-corrected chi connectivity index (χ1v) is 13.2. The molecule has 5 rings (SSSR count). The summed E-state index contributed by atoms with van der Waals surface area (Å²) in [5, 5.41) is 5.52. The van der Waals surface area contributed by atoms with Crippen molar-refractivity contribution in [1.29, 1.82) is 0 Å². The molecule has 4 heterocycles. The number of piperazine rings is 1. The molecular weight excluding hydrogens is 506 g/mol. The number of aromatic nitrogens is 4. The number of pyridine rings is 1. The van der Waals surface area contributed by atoms with Crippen molar-refractivity contribution in [2.24, 2.45) is 0 Å². The second kappa shape index (κ2) is 8.32. The van der Waals surface area contributed by atoms with Gasteiger partial charge in [-0.25, -0.2) is 13.4 Å². The average Bonchev–Trinajstić information content (AvgIpc) is 3.20. The van der Waals surface area contributed by atoms with Gasteiger partial charge in [0.2, 0.25) is 10.0 Å². The maximum Gasteiger partial charge on any atom is 0.211 e. The van der Waals surface area contributed by atoms with Crippen molar-refractivity contribution >= 4 is 48.3 Å². The number of sulfonamides is 1. The van der Waals surface area contributed by atoms with E-state index in [1.54, 1.807) is 10.7 Å². The van der Waals surface area contributed by atoms with Crippen LogP contribution in [0.4, 0.5) is 5.82 Å². The standard InChI is InChI=1S/C22H24BrN7O2S/c1-14-3-4-18-15(9-14)10-16(11-25-18)17-12-26-30-21(24)20(23)19(27-22(17)30)13-28-5-7-29(8-6-28)33(2,31)32/h3-4,9-12H,5-8,13,24H2,1-2H3. The summed E-state index contributed by atoms with van der Waals surface area (Å²) >= 11 is 3.58. The molecule has 1 saturated heterocycles. The van der Waals surface area contributed by atoms with Gasteiger partial charge in [0.1, 0.15) is 5.82 Å². The number of benzene rings is 1. The summed E-state index contributed by atoms with van der Waals surface area (Å²) in [5.41, 5.74) is 11.7. The molecule has 3 aromatic heterocycles. The fourth-order valence-corrected chi connectivity index (χ4v) is 5.39. The van der Waals surface area contributed by atoms with Crippen LogP contribution < -0.4 is 5.73 Å². The third-order valence-corrected chi connectivity index (χ3v) is 8.18. The zero-order valence-electron chi connectivity index (χ0n) is 18.4. The molecule has 1 aliphatic rings. The lowest BCUT2D eigenvalue weighted by Crippen LogP contribution is -2.47. The summed E-state index contributed by atoms with van der Waals surface area (Å²) < 4.78 is 27.4. The van der Waals surface area contributed by atoms with Crippen LogP contribution in [0.2, 0.25) is 0 Å². The first-order valence-electron chi connectivity index (χ1n) is 10.6. The Morgan fingerprint density at radius 1 is 1.12 bits per heavy atom. The highest BCUT2D eigenvalue weighted by molar-refractivity contribution is 9.10. The highest BCUT2D eigenvalue weighted by Crippen LogP contribution is 2.31. The molecule has 33 heavy (non-hydrogen) atoms. The van der Waals surface area contributed by atoms with Crippen LogP contribution in [0.5, 0.6) is 0 Å². The summed E-state index contributed by atoms with van der Waals surface area (Å²) in [5.74, 6) is 0.473. The number of nitrogen functional groups attached to an aromatic ring is 1. The van der Waals surface area contributed by atoms with Gasteiger partial charge >= 0.3 is 0 Å². The van der Waals surface area contributed by atoms with E-state index in [0.29, 0.717) is 48.7 Å². The van der Waals surface area contributed by atoms with Gasteiger partial charge in [0.25, 0.3) is 0 Å². The Labute approximate surface area is 200 Å². The first kappa shape index (κ1) is 22.2. The van der Waals surface area contributed by atoms with Crippen LogP contribution in [-0.4, -0.2) is 69.6 Å². The maximum absolute atomic E-state index is 11.8. The highest BCUT2D eigenvalue weighted by atomic mass is 79.9. The fraction of sp³-hybridized carbons (Fsp3) is 0.318. The first-order chi connectivity index (χ1) is 15.7. The van der Waals surface area contributed by atoms with Gasteiger partial charge in [-0.05, 0) is 41.1 Å². The summed E-state index contributed by atoms with van der Waals surface area (Å²) in [6.45, 7) is 4.81. The number of aryl methyl sites for hydroxylation is 1. The van der Waals surface area contributed by atoms with E-state index in [-0.39, 0.29) is 0 Å². The number of nitrogens with two attached hydrogens (primary N) is 1. The Hall–Kier alpha value is -2.60. The van der Waals surface area contributed by atoms with Crippen molar-refractivity contribution in [3.63, 3.8) is 0 Å². The molecule has 1 aliphatic heterocycles. The number of nitrogens with zero attached hydrogens (tertiary/aromatic N) is 6. The monoisotopic (exact) mass is 529 g/mol. The van der Waals surface area contributed by atoms with Crippen molar-refractivity contribution in [2.45, 2.75) is 13.5 Å². The van der Waals surface area contributed by atoms with Crippen molar-refractivity contribution in [3.05, 3.63) is 52.4 Å². The van der Waals surface area contributed by atoms with Crippen molar-refractivity contribution in [2.75, 3.05) is 38.2 Å². The van der Waals surface area contributed by atoms with Gasteiger partial charge in [-0.2, -0.15) is 13.9 Å². The molecule has 0 spiro atoms. The largest absolute Gasteiger partial charge is 0.383 e. The molecule has 1 aromatic carbocycles. The number of anilines is 1. The van der Waals surface area contributed by atoms with Crippen molar-refractivity contribution in [1.82, 2.24) is 28.8 Å². The molecule has 0 saturated carbocycles. The van der Waals surface area contributed by atoms with Gasteiger partial charge in [0, 0.05) is 55.4 Å². The molecule has 11 heteroatoms. The lowest BCUT2D eigenvalue weighted by Gasteiger charge is -2.33. The molecule has 0 amide bonds. The minimum atomic E-state index is -3.17. The smallest absolute Gasteiger partial charge is 0.211 e. The van der Waals surface area contributed by atoms with E-state index < -0.39 is 10.0 Å². The van der Waals surface area contributed by atoms with E-state index in [9.17, 15) is 8.42 Å². The van der Waals surface area contributed by atoms with Crippen LogP contribution in [0.25, 0.3) is 27.7 Å². The minimum absolute atomic E-state index is 0.467. The molecule has 0 aliphatic carbocycles. The summed E-state index contributed by atoms with van der Waals surface area (Å²) in [4.78, 5) is 11.7. The Morgan fingerprint density at radius 3 is 2.61 bits per heavy atom. The zero-order chi connectivity index (χ0) is 23.3. The van der Waals surface area contributed by atoms with Crippen molar-refractivity contribution < 1.29 is 8.42 Å². The molecule has 0 unspecified atom stereocenters. The molecule has 0 radical (unpaired) electrons. The molecule has 2 N–H and O–H groups in total. The highest BCUT2D eigenvalue weighted by Gasteiger charge is 2.25. The maximum atomic E-state index is 11.8. The Morgan fingerprint density at radius 2 is 1.88 bits per heavy atom. The van der Waals surface area contributed by atoms with Crippen LogP contribution in [0.3, 0.4) is 0 Å². The number of fused-ring (bicyclic) bond motifs is 2. The average molecular weight is 530 g/mol. The Bertz CT molecular complexity index is 1480. The summed E-state index contributed by atoms with van der Waals surface area (Å²) in [7, 11) is -3.17. The number of hydrogen-bond acceptors (Lipinski definition) is 7. The summed E-state index contributed by atoms with van der Waals surface area (Å²) in [6.07, 6.45) is 4.84. The molecule has 9 nitrogen and oxygen atoms in total. The van der Waals surface area contributed by atoms with Crippen LogP contribution in [0.15, 0.2) is 41.1 Å². The van der Waals surface area contributed by atoms with Gasteiger partial charge < -0.3 is 5.73 Å². The Balaban J connectivity index is 1.49. The number of hydrogen-bond donors (Lipinski definition) is 1. The lowest BCUT2D eigenvalue weighted by atomic mass is 10.1. The topological polar surface area (TPSA) is 110 Å². The van der Waals surface area contributed by atoms with Gasteiger partial charge in [0.15, 0.2) is 5.65 Å². The van der Waals surface area contributed by atoms with Crippen molar-refractivity contribution in [3.8, 4) is 11.1 Å². The number of halogens is 1. The van der Waals surface area contributed by atoms with E-state index in [2.05, 4.69) is 50.0 Å². The Kier molecular flexibility index (Phi) is 5.60. The molecule has 172 valence electrons. The van der Waals surface area contributed by atoms with Crippen LogP contribution in [0, 0.1) is 6.92 Å². The fourth-order valence-electron chi connectivity index (χ4n) is 4.18. The van der Waals surface area contributed by atoms with Crippen LogP contribution in [-0.2, 0) is 16.6 Å². The van der Waals surface area contributed by atoms with Gasteiger partial charge in [0.05, 0.1) is 28.1 Å². The van der Waals surface area contributed by atoms with E-state index in [1.807, 2.05) is 18.3 Å². The van der Waals surface area contributed by atoms with E-state index >= 15 is 0 Å².